The molecular weight excluding hydrogens is 1430 g/mol. The number of hydrogen-bond acceptors (Lipinski definition) is 4. The minimum Gasteiger partial charge on any atom is -0.494 e. The van der Waals surface area contributed by atoms with Crippen LogP contribution in [0.5, 0.6) is 23.0 Å². The predicted octanol–water partition coefficient (Wildman–Crippen LogP) is 33.8. The summed E-state index contributed by atoms with van der Waals surface area (Å²) >= 11 is 0. The van der Waals surface area contributed by atoms with E-state index in [1.165, 1.54) is 185 Å². The fourth-order valence-electron chi connectivity index (χ4n) is 15.3. The highest BCUT2D eigenvalue weighted by molar-refractivity contribution is 6.05. The zero-order chi connectivity index (χ0) is 81.8. The molecule has 0 bridgehead atoms. The lowest BCUT2D eigenvalue weighted by molar-refractivity contribution is 0.304. The molecule has 0 radical (unpaired) electrons. The van der Waals surface area contributed by atoms with Gasteiger partial charge in [-0.1, -0.05) is 438 Å². The fraction of sp³-hybridized carbons (Fsp3) is 0.351. The van der Waals surface area contributed by atoms with E-state index >= 15 is 0 Å². The first-order chi connectivity index (χ1) is 58.4. The smallest absolute Gasteiger partial charge is 0.119 e. The van der Waals surface area contributed by atoms with Crippen molar-refractivity contribution in [2.45, 2.75) is 233 Å². The Bertz CT molecular complexity index is 4190. The minimum absolute atomic E-state index is 0.744. The van der Waals surface area contributed by atoms with Crippen molar-refractivity contribution in [2.75, 3.05) is 26.4 Å². The van der Waals surface area contributed by atoms with Gasteiger partial charge in [0.1, 0.15) is 23.0 Å². The third kappa shape index (κ3) is 34.3. The normalized spacial score (nSPS) is 11.7. The molecule has 0 fully saturated rings. The lowest BCUT2D eigenvalue weighted by Gasteiger charge is -2.18. The average molecular weight is 1570 g/mol. The fourth-order valence-corrected chi connectivity index (χ4v) is 15.3. The van der Waals surface area contributed by atoms with Gasteiger partial charge < -0.3 is 18.9 Å². The molecule has 118 heavy (non-hydrogen) atoms. The molecule has 0 aromatic heterocycles. The second-order valence-electron chi connectivity index (χ2n) is 32.2. The summed E-state index contributed by atoms with van der Waals surface area (Å²) in [5.74, 6) is 3.68. The largest absolute Gasteiger partial charge is 0.494 e. The molecule has 0 aliphatic carbocycles. The van der Waals surface area contributed by atoms with Gasteiger partial charge in [0.05, 0.1) is 26.4 Å². The molecule has 0 unspecified atom stereocenters. The van der Waals surface area contributed by atoms with Crippen LogP contribution in [0, 0.1) is 0 Å². The van der Waals surface area contributed by atoms with Crippen molar-refractivity contribution < 1.29 is 18.9 Å². The van der Waals surface area contributed by atoms with E-state index in [1.807, 2.05) is 0 Å². The molecule has 0 atom stereocenters. The molecule has 0 saturated carbocycles. The zero-order valence-electron chi connectivity index (χ0n) is 72.1. The van der Waals surface area contributed by atoms with Gasteiger partial charge in [-0.15, -0.1) is 0 Å². The average Bonchev–Trinajstić information content (AvgIpc) is 0.780. The molecule has 0 aliphatic heterocycles. The van der Waals surface area contributed by atoms with Gasteiger partial charge in [0.25, 0.3) is 0 Å². The van der Waals surface area contributed by atoms with Gasteiger partial charge in [0.2, 0.25) is 0 Å². The lowest BCUT2D eigenvalue weighted by atomic mass is 9.85. The van der Waals surface area contributed by atoms with Crippen LogP contribution in [0.4, 0.5) is 0 Å². The highest BCUT2D eigenvalue weighted by atomic mass is 16.5. The van der Waals surface area contributed by atoms with Gasteiger partial charge in [-0.25, -0.2) is 0 Å². The maximum atomic E-state index is 6.31. The van der Waals surface area contributed by atoms with Crippen LogP contribution in [0.3, 0.4) is 0 Å². The first kappa shape index (κ1) is 89.9. The van der Waals surface area contributed by atoms with Crippen LogP contribution < -0.4 is 18.9 Å². The van der Waals surface area contributed by atoms with Crippen LogP contribution in [-0.2, 0) is 0 Å². The number of rotatable bonds is 56. The summed E-state index contributed by atoms with van der Waals surface area (Å²) in [4.78, 5) is 0. The molecule has 0 saturated heterocycles. The van der Waals surface area contributed by atoms with Crippen molar-refractivity contribution in [3.05, 3.63) is 332 Å². The van der Waals surface area contributed by atoms with Crippen LogP contribution in [0.1, 0.15) is 322 Å². The Kier molecular flexibility index (Phi) is 41.6. The van der Waals surface area contributed by atoms with E-state index in [9.17, 15) is 0 Å². The van der Waals surface area contributed by atoms with Crippen LogP contribution in [-0.4, -0.2) is 26.4 Å². The summed E-state index contributed by atoms with van der Waals surface area (Å²) in [6, 6.07) is 87.7. The van der Waals surface area contributed by atoms with Gasteiger partial charge in [-0.3, -0.25) is 0 Å². The Balaban J connectivity index is 0.893. The Labute approximate surface area is 712 Å². The summed E-state index contributed by atoms with van der Waals surface area (Å²) in [6.07, 6.45) is 67.7. The molecule has 4 heteroatoms. The second kappa shape index (κ2) is 54.5. The van der Waals surface area contributed by atoms with Crippen LogP contribution in [0.25, 0.3) is 84.1 Å². The zero-order valence-corrected chi connectivity index (χ0v) is 72.1. The molecule has 0 amide bonds. The van der Waals surface area contributed by atoms with Gasteiger partial charge >= 0.3 is 0 Å². The van der Waals surface area contributed by atoms with Crippen molar-refractivity contribution in [1.29, 1.82) is 0 Å². The summed E-state index contributed by atoms with van der Waals surface area (Å²) in [7, 11) is 0. The molecular formula is C114H136O4. The molecule has 10 aromatic rings. The van der Waals surface area contributed by atoms with Crippen molar-refractivity contribution in [2.24, 2.45) is 0 Å². The van der Waals surface area contributed by atoms with Gasteiger partial charge in [-0.2, -0.15) is 0 Å². The molecule has 4 nitrogen and oxygen atoms in total. The van der Waals surface area contributed by atoms with E-state index in [0.717, 1.165) is 170 Å². The number of ether oxygens (including phenoxy) is 4. The van der Waals surface area contributed by atoms with Crippen molar-refractivity contribution in [3.8, 4) is 23.0 Å². The van der Waals surface area contributed by atoms with E-state index in [2.05, 4.69) is 343 Å². The molecule has 0 spiro atoms. The summed E-state index contributed by atoms with van der Waals surface area (Å²) < 4.78 is 25.2. The maximum absolute atomic E-state index is 6.31. The van der Waals surface area contributed by atoms with Crippen LogP contribution in [0.15, 0.2) is 243 Å². The minimum atomic E-state index is 0.744. The van der Waals surface area contributed by atoms with Crippen molar-refractivity contribution in [3.63, 3.8) is 0 Å². The highest BCUT2D eigenvalue weighted by Gasteiger charge is 2.17. The first-order valence-electron chi connectivity index (χ1n) is 45.7. The predicted molar refractivity (Wildman–Crippen MR) is 515 cm³/mol. The first-order valence-corrected chi connectivity index (χ1v) is 45.7. The third-order valence-electron chi connectivity index (χ3n) is 22.1. The van der Waals surface area contributed by atoms with Gasteiger partial charge in [-0.05, 0) is 211 Å². The standard InChI is InChI=1S/C114H136O4/c1-5-9-13-17-21-25-29-39-79-115-109-55-43-47-95(89-109)61-67-101-83-99(84-102(87-101)68-62-96-48-44-56-110(90-96)116-80-40-30-26-22-18-14-10-6-2)65-59-93-71-75-107(76-72-93)114(113(105-51-35-33-36-52-105)106-53-37-34-38-54-106)108-77-73-94(74-78-108)60-66-100-85-103(69-63-97-49-45-57-111(91-97)117-81-41-31-27-23-19-15-11-7-3)88-104(86-100)70-64-98-50-46-58-112(92-98)118-82-42-32-28-24-20-16-12-8-4/h33-38,43-78,83-92H,5-32,39-42,79-82H2,1-4H3/b65-59+,66-60+,67-61+,68-62+,69-63+,70-64+. The van der Waals surface area contributed by atoms with Gasteiger partial charge in [0, 0.05) is 0 Å². The van der Waals surface area contributed by atoms with E-state index in [4.69, 9.17) is 18.9 Å². The molecule has 0 aliphatic rings. The summed E-state index contributed by atoms with van der Waals surface area (Å²) in [6.45, 7) is 12.1. The van der Waals surface area contributed by atoms with Crippen molar-refractivity contribution >= 4 is 84.1 Å². The molecule has 616 valence electrons. The monoisotopic (exact) mass is 1570 g/mol. The Morgan fingerprint density at radius 1 is 0.169 bits per heavy atom. The third-order valence-corrected chi connectivity index (χ3v) is 22.1. The topological polar surface area (TPSA) is 36.9 Å². The molecule has 0 heterocycles. The van der Waals surface area contributed by atoms with E-state index in [1.54, 1.807) is 0 Å². The Hall–Kier alpha value is -10.4. The number of benzene rings is 10. The molecule has 10 aromatic carbocycles. The summed E-state index contributed by atoms with van der Waals surface area (Å²) in [5, 5.41) is 0. The highest BCUT2D eigenvalue weighted by Crippen LogP contribution is 2.38. The number of unbranched alkanes of at least 4 members (excludes halogenated alkanes) is 28. The quantitative estimate of drug-likeness (QED) is 0.0281. The molecule has 10 rings (SSSR count). The van der Waals surface area contributed by atoms with Crippen molar-refractivity contribution in [1.82, 2.24) is 0 Å². The summed E-state index contributed by atoms with van der Waals surface area (Å²) in [5.41, 5.74) is 20.3. The van der Waals surface area contributed by atoms with Gasteiger partial charge in [0.15, 0.2) is 0 Å². The van der Waals surface area contributed by atoms with E-state index < -0.39 is 0 Å². The van der Waals surface area contributed by atoms with Crippen LogP contribution in [0.2, 0.25) is 0 Å². The lowest BCUT2D eigenvalue weighted by Crippen LogP contribution is -1.97. The maximum Gasteiger partial charge on any atom is 0.119 e. The SMILES string of the molecule is CCCCCCCCCCOc1cccc(/C=C/c2cc(/C=C/c3ccc(C(=C(c4ccccc4)c4ccccc4)c4ccc(/C=C/c5cc(/C=C/c6cccc(OCCCCCCCCCC)c6)cc(/C=C/c6cccc(OCCCCCCCCCC)c6)c5)cc4)cc3)cc(/C=C/c3cccc(OCCCCCCCCCC)c3)c2)c1. The van der Waals surface area contributed by atoms with Crippen LogP contribution >= 0.6 is 0 Å². The number of hydrogen-bond donors (Lipinski definition) is 0. The van der Waals surface area contributed by atoms with E-state index in [-0.39, 0.29) is 0 Å². The second-order valence-corrected chi connectivity index (χ2v) is 32.2. The Morgan fingerprint density at radius 2 is 0.364 bits per heavy atom. The molecule has 0 N–H and O–H groups in total. The Morgan fingerprint density at radius 3 is 0.593 bits per heavy atom. The van der Waals surface area contributed by atoms with E-state index in [0.29, 0.717) is 0 Å².